The Hall–Kier alpha value is -3.41. The fourth-order valence-electron chi connectivity index (χ4n) is 3.05. The fraction of sp³-hybridized carbons (Fsp3) is 0.261. The van der Waals surface area contributed by atoms with Crippen LogP contribution in [-0.4, -0.2) is 29.3 Å². The van der Waals surface area contributed by atoms with Crippen LogP contribution in [0.25, 0.3) is 10.9 Å². The maximum atomic E-state index is 12.2. The lowest BCUT2D eigenvalue weighted by Crippen LogP contribution is -2.14. The summed E-state index contributed by atoms with van der Waals surface area (Å²) < 4.78 is 5.11. The molecule has 1 amide bonds. The van der Waals surface area contributed by atoms with Gasteiger partial charge in [-0.15, -0.1) is 0 Å². The zero-order valence-electron chi connectivity index (χ0n) is 16.4. The minimum Gasteiger partial charge on any atom is -0.457 e. The van der Waals surface area contributed by atoms with Crippen LogP contribution in [-0.2, 0) is 20.7 Å². The highest BCUT2D eigenvalue weighted by Crippen LogP contribution is 2.19. The van der Waals surface area contributed by atoms with E-state index < -0.39 is 0 Å². The molecule has 2 aromatic carbocycles. The smallest absolute Gasteiger partial charge is 0.306 e. The number of aromatic amines is 1. The van der Waals surface area contributed by atoms with Gasteiger partial charge in [0, 0.05) is 41.2 Å². The lowest BCUT2D eigenvalue weighted by atomic mass is 10.1. The number of H-pyrrole nitrogens is 1. The van der Waals surface area contributed by atoms with E-state index >= 15 is 0 Å². The SMILES string of the molecule is CCC(=O)Nc1ccc(C(=O)COC(=O)CCCc2c[nH]c3ccccc23)cc1. The van der Waals surface area contributed by atoms with Crippen LogP contribution in [0.4, 0.5) is 5.69 Å². The molecule has 29 heavy (non-hydrogen) atoms. The van der Waals surface area contributed by atoms with Crippen molar-refractivity contribution in [3.63, 3.8) is 0 Å². The molecule has 0 saturated carbocycles. The van der Waals surface area contributed by atoms with Crippen LogP contribution in [0.3, 0.4) is 0 Å². The molecule has 0 fully saturated rings. The van der Waals surface area contributed by atoms with Crippen LogP contribution in [0.1, 0.15) is 42.1 Å². The summed E-state index contributed by atoms with van der Waals surface area (Å²) in [6.45, 7) is 1.48. The zero-order chi connectivity index (χ0) is 20.6. The van der Waals surface area contributed by atoms with E-state index in [4.69, 9.17) is 4.74 Å². The van der Waals surface area contributed by atoms with E-state index in [9.17, 15) is 14.4 Å². The van der Waals surface area contributed by atoms with Crippen molar-refractivity contribution in [2.24, 2.45) is 0 Å². The lowest BCUT2D eigenvalue weighted by molar-refractivity contribution is -0.142. The number of nitrogens with one attached hydrogen (secondary N) is 2. The quantitative estimate of drug-likeness (QED) is 0.421. The largest absolute Gasteiger partial charge is 0.457 e. The first-order valence-electron chi connectivity index (χ1n) is 9.70. The Morgan fingerprint density at radius 1 is 1.03 bits per heavy atom. The number of carbonyl (C=O) groups is 3. The number of ketones is 1. The Balaban J connectivity index is 1.41. The van der Waals surface area contributed by atoms with Crippen molar-refractivity contribution in [1.82, 2.24) is 4.98 Å². The molecule has 1 heterocycles. The number of para-hydroxylation sites is 1. The molecule has 0 saturated heterocycles. The Morgan fingerprint density at radius 3 is 2.55 bits per heavy atom. The average molecular weight is 392 g/mol. The minimum absolute atomic E-state index is 0.0920. The third kappa shape index (κ3) is 5.54. The van der Waals surface area contributed by atoms with E-state index in [0.717, 1.165) is 17.3 Å². The van der Waals surface area contributed by atoms with Crippen molar-refractivity contribution >= 4 is 34.3 Å². The third-order valence-corrected chi connectivity index (χ3v) is 4.68. The number of rotatable bonds is 9. The molecule has 0 spiro atoms. The number of ether oxygens (including phenoxy) is 1. The number of Topliss-reactive ketones (excluding diaryl/α,β-unsaturated/α-hetero) is 1. The van der Waals surface area contributed by atoms with E-state index in [1.54, 1.807) is 31.2 Å². The van der Waals surface area contributed by atoms with Gasteiger partial charge in [-0.3, -0.25) is 14.4 Å². The number of benzene rings is 2. The molecule has 3 rings (SSSR count). The molecule has 0 aliphatic rings. The highest BCUT2D eigenvalue weighted by molar-refractivity contribution is 5.98. The van der Waals surface area contributed by atoms with Crippen molar-refractivity contribution < 1.29 is 19.1 Å². The molecule has 1 aromatic heterocycles. The number of carbonyl (C=O) groups excluding carboxylic acids is 3. The van der Waals surface area contributed by atoms with Crippen LogP contribution in [0, 0.1) is 0 Å². The predicted molar refractivity (Wildman–Crippen MR) is 112 cm³/mol. The van der Waals surface area contributed by atoms with Crippen molar-refractivity contribution in [2.75, 3.05) is 11.9 Å². The molecule has 2 N–H and O–H groups in total. The second-order valence-corrected chi connectivity index (χ2v) is 6.78. The number of hydrogen-bond donors (Lipinski definition) is 2. The summed E-state index contributed by atoms with van der Waals surface area (Å²) >= 11 is 0. The number of aryl methyl sites for hydroxylation is 1. The van der Waals surface area contributed by atoms with Gasteiger partial charge in [-0.1, -0.05) is 25.1 Å². The number of fused-ring (bicyclic) bond motifs is 1. The van der Waals surface area contributed by atoms with Gasteiger partial charge >= 0.3 is 5.97 Å². The van der Waals surface area contributed by atoms with E-state index in [1.165, 1.54) is 5.56 Å². The third-order valence-electron chi connectivity index (χ3n) is 4.68. The summed E-state index contributed by atoms with van der Waals surface area (Å²) in [6, 6.07) is 14.6. The van der Waals surface area contributed by atoms with E-state index in [0.29, 0.717) is 24.1 Å². The molecule has 0 bridgehead atoms. The van der Waals surface area contributed by atoms with Gasteiger partial charge in [0.2, 0.25) is 5.91 Å². The van der Waals surface area contributed by atoms with Crippen LogP contribution in [0.2, 0.25) is 0 Å². The molecule has 6 nitrogen and oxygen atoms in total. The van der Waals surface area contributed by atoms with Crippen molar-refractivity contribution in [2.45, 2.75) is 32.6 Å². The molecule has 0 unspecified atom stereocenters. The summed E-state index contributed by atoms with van der Waals surface area (Å²) in [5.41, 5.74) is 3.31. The minimum atomic E-state index is -0.384. The fourth-order valence-corrected chi connectivity index (χ4v) is 3.05. The number of anilines is 1. The van der Waals surface area contributed by atoms with Gasteiger partial charge in [-0.2, -0.15) is 0 Å². The monoisotopic (exact) mass is 392 g/mol. The topological polar surface area (TPSA) is 88.3 Å². The van der Waals surface area contributed by atoms with Gasteiger partial charge in [0.25, 0.3) is 0 Å². The first-order valence-corrected chi connectivity index (χ1v) is 9.70. The standard InChI is InChI=1S/C23H24N2O4/c1-2-22(27)25-18-12-10-16(11-13-18)21(26)15-29-23(28)9-5-6-17-14-24-20-8-4-3-7-19(17)20/h3-4,7-8,10-14,24H,2,5-6,9,15H2,1H3,(H,25,27). The van der Waals surface area contributed by atoms with Crippen molar-refractivity contribution in [1.29, 1.82) is 0 Å². The number of aromatic nitrogens is 1. The van der Waals surface area contributed by atoms with Crippen LogP contribution in [0.5, 0.6) is 0 Å². The van der Waals surface area contributed by atoms with E-state index in [1.807, 2.05) is 24.4 Å². The normalized spacial score (nSPS) is 10.7. The first-order chi connectivity index (χ1) is 14.1. The molecule has 0 aliphatic carbocycles. The van der Waals surface area contributed by atoms with Gasteiger partial charge in [-0.05, 0) is 48.7 Å². The molecule has 0 radical (unpaired) electrons. The highest BCUT2D eigenvalue weighted by Gasteiger charge is 2.11. The number of esters is 1. The Kier molecular flexibility index (Phi) is 6.79. The summed E-state index contributed by atoms with van der Waals surface area (Å²) in [5.74, 6) is -0.751. The molecule has 0 atom stereocenters. The van der Waals surface area contributed by atoms with E-state index in [-0.39, 0.29) is 30.7 Å². The molecular weight excluding hydrogens is 368 g/mol. The van der Waals surface area contributed by atoms with Crippen LogP contribution >= 0.6 is 0 Å². The molecule has 0 aliphatic heterocycles. The second kappa shape index (κ2) is 9.68. The molecule has 150 valence electrons. The van der Waals surface area contributed by atoms with Crippen molar-refractivity contribution in [3.05, 3.63) is 65.9 Å². The maximum absolute atomic E-state index is 12.2. The Morgan fingerprint density at radius 2 is 1.79 bits per heavy atom. The predicted octanol–water partition coefficient (Wildman–Crippen LogP) is 4.27. The summed E-state index contributed by atoms with van der Waals surface area (Å²) in [5, 5.41) is 3.88. The Labute approximate surface area is 169 Å². The Bertz CT molecular complexity index is 1010. The van der Waals surface area contributed by atoms with Crippen molar-refractivity contribution in [3.8, 4) is 0 Å². The lowest BCUT2D eigenvalue weighted by Gasteiger charge is -2.06. The number of amides is 1. The van der Waals surface area contributed by atoms with Crippen LogP contribution in [0.15, 0.2) is 54.7 Å². The second-order valence-electron chi connectivity index (χ2n) is 6.78. The molecule has 3 aromatic rings. The first kappa shape index (κ1) is 20.3. The summed E-state index contributed by atoms with van der Waals surface area (Å²) in [7, 11) is 0. The average Bonchev–Trinajstić information content (AvgIpc) is 3.15. The van der Waals surface area contributed by atoms with Gasteiger partial charge in [0.1, 0.15) is 0 Å². The highest BCUT2D eigenvalue weighted by atomic mass is 16.5. The van der Waals surface area contributed by atoms with Gasteiger partial charge in [-0.25, -0.2) is 0 Å². The van der Waals surface area contributed by atoms with Gasteiger partial charge < -0.3 is 15.0 Å². The molecule has 6 heteroatoms. The van der Waals surface area contributed by atoms with Gasteiger partial charge in [0.15, 0.2) is 12.4 Å². The van der Waals surface area contributed by atoms with Gasteiger partial charge in [0.05, 0.1) is 0 Å². The maximum Gasteiger partial charge on any atom is 0.306 e. The van der Waals surface area contributed by atoms with Crippen LogP contribution < -0.4 is 5.32 Å². The molecular formula is C23H24N2O4. The van der Waals surface area contributed by atoms with E-state index in [2.05, 4.69) is 16.4 Å². The summed E-state index contributed by atoms with van der Waals surface area (Å²) in [6.07, 6.45) is 4.02. The number of hydrogen-bond acceptors (Lipinski definition) is 4. The zero-order valence-corrected chi connectivity index (χ0v) is 16.4. The summed E-state index contributed by atoms with van der Waals surface area (Å²) in [4.78, 5) is 38.7.